The summed E-state index contributed by atoms with van der Waals surface area (Å²) in [5.41, 5.74) is 5.07. The number of thiophene rings is 1. The molecule has 1 fully saturated rings. The van der Waals surface area contributed by atoms with Crippen molar-refractivity contribution in [3.8, 4) is 11.1 Å². The highest BCUT2D eigenvalue weighted by molar-refractivity contribution is 7.17. The van der Waals surface area contributed by atoms with Gasteiger partial charge >= 0.3 is 0 Å². The van der Waals surface area contributed by atoms with Crippen molar-refractivity contribution in [3.05, 3.63) is 51.9 Å². The minimum absolute atomic E-state index is 0.169. The van der Waals surface area contributed by atoms with E-state index in [4.69, 9.17) is 9.57 Å². The van der Waals surface area contributed by atoms with E-state index in [-0.39, 0.29) is 12.1 Å². The number of amides is 1. The lowest BCUT2D eigenvalue weighted by atomic mass is 10.1. The molecule has 0 aliphatic carbocycles. The van der Waals surface area contributed by atoms with Gasteiger partial charge in [-0.05, 0) is 25.3 Å². The van der Waals surface area contributed by atoms with Crippen molar-refractivity contribution in [2.45, 2.75) is 39.0 Å². The van der Waals surface area contributed by atoms with Crippen molar-refractivity contribution in [1.29, 1.82) is 0 Å². The third-order valence-electron chi connectivity index (χ3n) is 4.68. The fourth-order valence-corrected chi connectivity index (χ4v) is 4.05. The fourth-order valence-electron chi connectivity index (χ4n) is 3.15. The maximum Gasteiger partial charge on any atom is 0.263 e. The van der Waals surface area contributed by atoms with Gasteiger partial charge in [-0.3, -0.25) is 14.2 Å². The Bertz CT molecular complexity index is 1040. The average Bonchev–Trinajstić information content (AvgIpc) is 3.15. The van der Waals surface area contributed by atoms with Crippen LogP contribution in [0.25, 0.3) is 21.3 Å². The molecule has 3 aromatic rings. The molecular weight excluding hydrogens is 378 g/mol. The normalized spacial score (nSPS) is 17.0. The molecule has 1 amide bonds. The second-order valence-corrected chi connectivity index (χ2v) is 7.67. The lowest BCUT2D eigenvalue weighted by Crippen LogP contribution is -2.36. The van der Waals surface area contributed by atoms with Crippen LogP contribution in [0.1, 0.15) is 24.8 Å². The topological polar surface area (TPSA) is 82.5 Å². The molecule has 1 atom stereocenters. The maximum atomic E-state index is 13.0. The summed E-state index contributed by atoms with van der Waals surface area (Å²) in [5, 5.41) is 2.46. The molecule has 1 saturated heterocycles. The number of hydroxylamine groups is 1. The van der Waals surface area contributed by atoms with Crippen LogP contribution < -0.4 is 11.0 Å². The van der Waals surface area contributed by atoms with Crippen LogP contribution in [0.5, 0.6) is 0 Å². The first kappa shape index (κ1) is 18.8. The molecule has 0 saturated carbocycles. The van der Waals surface area contributed by atoms with Crippen LogP contribution in [0, 0.1) is 6.92 Å². The Labute approximate surface area is 165 Å². The van der Waals surface area contributed by atoms with Gasteiger partial charge in [-0.15, -0.1) is 11.3 Å². The summed E-state index contributed by atoms with van der Waals surface area (Å²) >= 11 is 1.42. The Morgan fingerprint density at radius 2 is 2.18 bits per heavy atom. The third kappa shape index (κ3) is 3.99. The number of ether oxygens (including phenoxy) is 1. The van der Waals surface area contributed by atoms with Gasteiger partial charge in [-0.2, -0.15) is 0 Å². The van der Waals surface area contributed by atoms with Crippen molar-refractivity contribution in [2.75, 3.05) is 6.61 Å². The number of nitrogens with one attached hydrogen (secondary N) is 1. The zero-order chi connectivity index (χ0) is 19.5. The lowest BCUT2D eigenvalue weighted by Gasteiger charge is -2.22. The third-order valence-corrected chi connectivity index (χ3v) is 5.57. The molecule has 4 rings (SSSR count). The highest BCUT2D eigenvalue weighted by Crippen LogP contribution is 2.30. The monoisotopic (exact) mass is 399 g/mol. The molecule has 7 nitrogen and oxygen atoms in total. The summed E-state index contributed by atoms with van der Waals surface area (Å²) in [4.78, 5) is 35.5. The lowest BCUT2D eigenvalue weighted by molar-refractivity contribution is -0.200. The Morgan fingerprint density at radius 3 is 2.93 bits per heavy atom. The number of carbonyl (C=O) groups is 1. The number of benzene rings is 1. The second-order valence-electron chi connectivity index (χ2n) is 6.81. The molecule has 1 aliphatic heterocycles. The van der Waals surface area contributed by atoms with E-state index in [2.05, 4.69) is 10.5 Å². The van der Waals surface area contributed by atoms with Crippen molar-refractivity contribution in [2.24, 2.45) is 0 Å². The molecule has 3 heterocycles. The Morgan fingerprint density at radius 1 is 1.36 bits per heavy atom. The SMILES string of the molecule is Cc1ccc(-c2csc3ncn(CC(=O)NO[C@H]4CCCCO4)c(=O)c23)cc1. The molecular formula is C20H21N3O4S. The first-order chi connectivity index (χ1) is 13.6. The Kier molecular flexibility index (Phi) is 5.52. The summed E-state index contributed by atoms with van der Waals surface area (Å²) in [7, 11) is 0. The van der Waals surface area contributed by atoms with E-state index >= 15 is 0 Å². The van der Waals surface area contributed by atoms with Crippen LogP contribution in [-0.2, 0) is 20.9 Å². The summed E-state index contributed by atoms with van der Waals surface area (Å²) in [6.45, 7) is 2.47. The zero-order valence-electron chi connectivity index (χ0n) is 15.5. The molecule has 0 radical (unpaired) electrons. The fraction of sp³-hybridized carbons (Fsp3) is 0.350. The van der Waals surface area contributed by atoms with E-state index in [9.17, 15) is 9.59 Å². The largest absolute Gasteiger partial charge is 0.350 e. The van der Waals surface area contributed by atoms with Gasteiger partial charge in [-0.25, -0.2) is 15.3 Å². The van der Waals surface area contributed by atoms with Crippen molar-refractivity contribution >= 4 is 27.5 Å². The highest BCUT2D eigenvalue weighted by atomic mass is 32.1. The van der Waals surface area contributed by atoms with Gasteiger partial charge in [0, 0.05) is 24.0 Å². The average molecular weight is 399 g/mol. The molecule has 146 valence electrons. The summed E-state index contributed by atoms with van der Waals surface area (Å²) in [5.74, 6) is -0.426. The number of aromatic nitrogens is 2. The molecule has 0 spiro atoms. The zero-order valence-corrected chi connectivity index (χ0v) is 16.3. The molecule has 28 heavy (non-hydrogen) atoms. The van der Waals surface area contributed by atoms with Gasteiger partial charge < -0.3 is 4.74 Å². The molecule has 0 unspecified atom stereocenters. The summed E-state index contributed by atoms with van der Waals surface area (Å²) in [6.07, 6.45) is 3.71. The number of fused-ring (bicyclic) bond motifs is 1. The first-order valence-corrected chi connectivity index (χ1v) is 10.1. The van der Waals surface area contributed by atoms with E-state index < -0.39 is 12.2 Å². The van der Waals surface area contributed by atoms with Gasteiger partial charge in [0.15, 0.2) is 6.29 Å². The number of rotatable bonds is 5. The van der Waals surface area contributed by atoms with Gasteiger partial charge in [0.2, 0.25) is 0 Å². The predicted molar refractivity (Wildman–Crippen MR) is 107 cm³/mol. The first-order valence-electron chi connectivity index (χ1n) is 9.21. The molecule has 1 aromatic carbocycles. The van der Waals surface area contributed by atoms with E-state index in [0.29, 0.717) is 16.8 Å². The van der Waals surface area contributed by atoms with Gasteiger partial charge in [0.05, 0.1) is 11.7 Å². The number of hydrogen-bond acceptors (Lipinski definition) is 6. The highest BCUT2D eigenvalue weighted by Gasteiger charge is 2.17. The van der Waals surface area contributed by atoms with Crippen molar-refractivity contribution < 1.29 is 14.4 Å². The van der Waals surface area contributed by atoms with Crippen molar-refractivity contribution in [3.63, 3.8) is 0 Å². The van der Waals surface area contributed by atoms with E-state index in [1.54, 1.807) is 0 Å². The van der Waals surface area contributed by atoms with Crippen LogP contribution in [0.3, 0.4) is 0 Å². The van der Waals surface area contributed by atoms with Gasteiger partial charge in [0.1, 0.15) is 11.4 Å². The molecule has 2 aromatic heterocycles. The van der Waals surface area contributed by atoms with Gasteiger partial charge in [0.25, 0.3) is 11.5 Å². The number of aryl methyl sites for hydroxylation is 1. The van der Waals surface area contributed by atoms with Crippen LogP contribution in [0.4, 0.5) is 0 Å². The van der Waals surface area contributed by atoms with Crippen LogP contribution >= 0.6 is 11.3 Å². The number of nitrogens with zero attached hydrogens (tertiary/aromatic N) is 2. The van der Waals surface area contributed by atoms with Crippen molar-refractivity contribution in [1.82, 2.24) is 15.0 Å². The standard InChI is InChI=1S/C20H21N3O4S/c1-13-5-7-14(8-6-13)15-11-28-19-18(15)20(25)23(12-21-19)10-16(24)22-27-17-4-2-3-9-26-17/h5-8,11-12,17H,2-4,9-10H2,1H3,(H,22,24)/t17-/m0/s1. The Hall–Kier alpha value is -2.55. The minimum Gasteiger partial charge on any atom is -0.350 e. The predicted octanol–water partition coefficient (Wildman–Crippen LogP) is 3.01. The number of carbonyl (C=O) groups excluding carboxylic acids is 1. The molecule has 1 N–H and O–H groups in total. The molecule has 0 bridgehead atoms. The second kappa shape index (κ2) is 8.22. The number of hydrogen-bond donors (Lipinski definition) is 1. The summed E-state index contributed by atoms with van der Waals surface area (Å²) in [6, 6.07) is 7.98. The van der Waals surface area contributed by atoms with E-state index in [1.807, 2.05) is 36.6 Å². The quantitative estimate of drug-likeness (QED) is 0.667. The van der Waals surface area contributed by atoms with Gasteiger partial charge in [-0.1, -0.05) is 29.8 Å². The van der Waals surface area contributed by atoms with Crippen LogP contribution in [0.2, 0.25) is 0 Å². The van der Waals surface area contributed by atoms with Crippen LogP contribution in [-0.4, -0.2) is 28.4 Å². The van der Waals surface area contributed by atoms with Crippen LogP contribution in [0.15, 0.2) is 40.8 Å². The molecule has 1 aliphatic rings. The minimum atomic E-state index is -0.431. The molecule has 8 heteroatoms. The van der Waals surface area contributed by atoms with E-state index in [0.717, 1.165) is 36.0 Å². The summed E-state index contributed by atoms with van der Waals surface area (Å²) < 4.78 is 6.70. The Balaban J connectivity index is 1.54. The van der Waals surface area contributed by atoms with E-state index in [1.165, 1.54) is 22.2 Å². The smallest absolute Gasteiger partial charge is 0.263 e. The maximum absolute atomic E-state index is 13.0.